The van der Waals surface area contributed by atoms with E-state index in [1.165, 1.54) is 32.1 Å². The van der Waals surface area contributed by atoms with Crippen LogP contribution in [0.3, 0.4) is 0 Å². The summed E-state index contributed by atoms with van der Waals surface area (Å²) in [4.78, 5) is 0. The summed E-state index contributed by atoms with van der Waals surface area (Å²) in [7, 11) is 0. The van der Waals surface area contributed by atoms with E-state index in [0.29, 0.717) is 0 Å². The minimum atomic E-state index is 0.737. The Morgan fingerprint density at radius 2 is 1.83 bits per heavy atom. The van der Waals surface area contributed by atoms with Gasteiger partial charge in [-0.1, -0.05) is 46.0 Å². The fourth-order valence-electron chi connectivity index (χ4n) is 1.39. The molecule has 0 fully saturated rings. The maximum atomic E-state index is 8.32. The largest absolute Gasteiger partial charge is 0.198 e. The molecule has 0 aliphatic carbocycles. The van der Waals surface area contributed by atoms with E-state index in [9.17, 15) is 0 Å². The maximum absolute atomic E-state index is 8.32. The molecule has 1 heteroatoms. The summed E-state index contributed by atoms with van der Waals surface area (Å²) in [6, 6.07) is 2.18. The fraction of sp³-hybridized carbons (Fsp3) is 0.909. The van der Waals surface area contributed by atoms with Gasteiger partial charge in [0.2, 0.25) is 0 Å². The third-order valence-electron chi connectivity index (χ3n) is 2.29. The molecule has 0 aromatic rings. The number of nitrogens with zero attached hydrogens (tertiary/aromatic N) is 1. The van der Waals surface area contributed by atoms with E-state index in [1.54, 1.807) is 0 Å². The van der Waals surface area contributed by atoms with Gasteiger partial charge in [-0.05, 0) is 12.3 Å². The molecule has 12 heavy (non-hydrogen) atoms. The molecule has 0 amide bonds. The van der Waals surface area contributed by atoms with E-state index in [1.807, 2.05) is 0 Å². The molecule has 1 atom stereocenters. The maximum Gasteiger partial charge on any atom is 0.0621 e. The lowest BCUT2D eigenvalue weighted by molar-refractivity contribution is 0.451. The van der Waals surface area contributed by atoms with E-state index in [-0.39, 0.29) is 0 Å². The van der Waals surface area contributed by atoms with Crippen LogP contribution in [0.5, 0.6) is 0 Å². The van der Waals surface area contributed by atoms with Gasteiger partial charge in [0.25, 0.3) is 0 Å². The van der Waals surface area contributed by atoms with Gasteiger partial charge in [-0.15, -0.1) is 0 Å². The van der Waals surface area contributed by atoms with E-state index in [2.05, 4.69) is 19.9 Å². The van der Waals surface area contributed by atoms with Crippen LogP contribution < -0.4 is 0 Å². The number of nitriles is 1. The van der Waals surface area contributed by atoms with Gasteiger partial charge in [0.05, 0.1) is 6.07 Å². The first kappa shape index (κ1) is 11.5. The Labute approximate surface area is 76.8 Å². The molecule has 0 heterocycles. The van der Waals surface area contributed by atoms with Gasteiger partial charge < -0.3 is 0 Å². The Bertz CT molecular complexity index is 123. The van der Waals surface area contributed by atoms with Gasteiger partial charge in [0.15, 0.2) is 0 Å². The predicted octanol–water partition coefficient (Wildman–Crippen LogP) is 3.90. The molecule has 0 N–H and O–H groups in total. The van der Waals surface area contributed by atoms with Crippen molar-refractivity contribution in [3.8, 4) is 6.07 Å². The fourth-order valence-corrected chi connectivity index (χ4v) is 1.39. The van der Waals surface area contributed by atoms with Crippen molar-refractivity contribution in [2.75, 3.05) is 0 Å². The Hall–Kier alpha value is -0.510. The molecule has 0 saturated heterocycles. The second-order valence-electron chi connectivity index (χ2n) is 3.65. The summed E-state index contributed by atoms with van der Waals surface area (Å²) in [5.74, 6) is 0.864. The van der Waals surface area contributed by atoms with Crippen molar-refractivity contribution < 1.29 is 0 Å². The van der Waals surface area contributed by atoms with Crippen LogP contribution in [0, 0.1) is 17.2 Å². The smallest absolute Gasteiger partial charge is 0.0621 e. The number of hydrogen-bond donors (Lipinski definition) is 0. The standard InChI is InChI=1S/C11H21N/c1-3-4-8-11(2)9-6-5-7-10-12/h11H,3-9H2,1-2H3/t11-/m0/s1. The van der Waals surface area contributed by atoms with E-state index in [4.69, 9.17) is 5.26 Å². The molecule has 0 saturated carbocycles. The molecule has 0 bridgehead atoms. The number of hydrogen-bond acceptors (Lipinski definition) is 1. The molecular formula is C11H21N. The first-order valence-corrected chi connectivity index (χ1v) is 5.18. The van der Waals surface area contributed by atoms with Crippen LogP contribution in [-0.4, -0.2) is 0 Å². The minimum absolute atomic E-state index is 0.737. The highest BCUT2D eigenvalue weighted by Crippen LogP contribution is 2.15. The predicted molar refractivity (Wildman–Crippen MR) is 52.8 cm³/mol. The van der Waals surface area contributed by atoms with Crippen molar-refractivity contribution in [1.82, 2.24) is 0 Å². The van der Waals surface area contributed by atoms with E-state index < -0.39 is 0 Å². The first-order chi connectivity index (χ1) is 5.81. The lowest BCUT2D eigenvalue weighted by atomic mass is 9.98. The molecule has 0 spiro atoms. The monoisotopic (exact) mass is 167 g/mol. The summed E-state index contributed by atoms with van der Waals surface area (Å²) in [6.45, 7) is 4.56. The first-order valence-electron chi connectivity index (χ1n) is 5.18. The molecule has 1 nitrogen and oxygen atoms in total. The highest BCUT2D eigenvalue weighted by molar-refractivity contribution is 4.68. The molecule has 0 aromatic heterocycles. The van der Waals surface area contributed by atoms with Crippen molar-refractivity contribution in [3.05, 3.63) is 0 Å². The van der Waals surface area contributed by atoms with Crippen LogP contribution >= 0.6 is 0 Å². The van der Waals surface area contributed by atoms with Gasteiger partial charge in [0.1, 0.15) is 0 Å². The topological polar surface area (TPSA) is 23.8 Å². The minimum Gasteiger partial charge on any atom is -0.198 e. The van der Waals surface area contributed by atoms with Crippen molar-refractivity contribution in [2.45, 2.75) is 58.8 Å². The molecule has 0 radical (unpaired) electrons. The Morgan fingerprint density at radius 3 is 2.42 bits per heavy atom. The molecule has 0 aromatic carbocycles. The normalized spacial score (nSPS) is 12.4. The van der Waals surface area contributed by atoms with Crippen LogP contribution in [0.15, 0.2) is 0 Å². The third kappa shape index (κ3) is 7.60. The lowest BCUT2D eigenvalue weighted by Gasteiger charge is -2.08. The van der Waals surface area contributed by atoms with Gasteiger partial charge in [-0.3, -0.25) is 0 Å². The third-order valence-corrected chi connectivity index (χ3v) is 2.29. The highest BCUT2D eigenvalue weighted by Gasteiger charge is 2.00. The van der Waals surface area contributed by atoms with Crippen molar-refractivity contribution in [1.29, 1.82) is 5.26 Å². The van der Waals surface area contributed by atoms with Gasteiger partial charge in [0, 0.05) is 6.42 Å². The zero-order valence-corrected chi connectivity index (χ0v) is 8.47. The van der Waals surface area contributed by atoms with Crippen molar-refractivity contribution in [3.63, 3.8) is 0 Å². The molecule has 0 unspecified atom stereocenters. The quantitative estimate of drug-likeness (QED) is 0.527. The molecule has 0 aliphatic heterocycles. The summed E-state index contributed by atoms with van der Waals surface area (Å²) in [6.07, 6.45) is 8.40. The number of unbranched alkanes of at least 4 members (excludes halogenated alkanes) is 3. The number of rotatable bonds is 7. The summed E-state index contributed by atoms with van der Waals surface area (Å²) in [5, 5.41) is 8.32. The van der Waals surface area contributed by atoms with Crippen LogP contribution in [0.1, 0.15) is 58.8 Å². The lowest BCUT2D eigenvalue weighted by Crippen LogP contribution is -1.94. The second-order valence-corrected chi connectivity index (χ2v) is 3.65. The van der Waals surface area contributed by atoms with E-state index >= 15 is 0 Å². The molecular weight excluding hydrogens is 146 g/mol. The van der Waals surface area contributed by atoms with Crippen LogP contribution in [0.2, 0.25) is 0 Å². The SMILES string of the molecule is CCCC[C@H](C)CCCCC#N. The van der Waals surface area contributed by atoms with Crippen LogP contribution in [-0.2, 0) is 0 Å². The summed E-state index contributed by atoms with van der Waals surface area (Å²) in [5.41, 5.74) is 0. The Morgan fingerprint density at radius 1 is 1.17 bits per heavy atom. The average Bonchev–Trinajstić information content (AvgIpc) is 2.09. The Kier molecular flexibility index (Phi) is 8.22. The average molecular weight is 167 g/mol. The second kappa shape index (κ2) is 8.59. The van der Waals surface area contributed by atoms with E-state index in [0.717, 1.165) is 18.8 Å². The molecule has 0 aliphatic rings. The van der Waals surface area contributed by atoms with Crippen LogP contribution in [0.25, 0.3) is 0 Å². The molecule has 0 rings (SSSR count). The highest BCUT2D eigenvalue weighted by atomic mass is 14.2. The van der Waals surface area contributed by atoms with Gasteiger partial charge in [-0.25, -0.2) is 0 Å². The summed E-state index contributed by atoms with van der Waals surface area (Å²) >= 11 is 0. The molecule has 70 valence electrons. The van der Waals surface area contributed by atoms with Gasteiger partial charge >= 0.3 is 0 Å². The zero-order chi connectivity index (χ0) is 9.23. The van der Waals surface area contributed by atoms with Crippen molar-refractivity contribution in [2.24, 2.45) is 5.92 Å². The summed E-state index contributed by atoms with van der Waals surface area (Å²) < 4.78 is 0. The van der Waals surface area contributed by atoms with Gasteiger partial charge in [-0.2, -0.15) is 5.26 Å². The van der Waals surface area contributed by atoms with Crippen LogP contribution in [0.4, 0.5) is 0 Å². The van der Waals surface area contributed by atoms with Crippen molar-refractivity contribution >= 4 is 0 Å². The Balaban J connectivity index is 3.09. The zero-order valence-electron chi connectivity index (χ0n) is 8.47.